The van der Waals surface area contributed by atoms with Crippen molar-refractivity contribution < 1.29 is 4.39 Å². The number of aromatic nitrogens is 5. The average Bonchev–Trinajstić information content (AvgIpc) is 2.79. The smallest absolute Gasteiger partial charge is 0.243 e. The molecule has 7 heteroatoms. The van der Waals surface area contributed by atoms with E-state index in [1.54, 1.807) is 18.3 Å². The van der Waals surface area contributed by atoms with E-state index in [0.717, 1.165) is 5.69 Å². The molecular formula is C11H9FN6. The molecule has 0 aliphatic carbocycles. The van der Waals surface area contributed by atoms with E-state index in [9.17, 15) is 4.39 Å². The molecule has 0 saturated heterocycles. The molecule has 0 amide bonds. The first kappa shape index (κ1) is 10.6. The van der Waals surface area contributed by atoms with Crippen LogP contribution in [-0.2, 0) is 6.54 Å². The number of nitrogens with zero attached hydrogens (tertiary/aromatic N) is 5. The first-order valence-corrected chi connectivity index (χ1v) is 5.34. The number of hydrogen-bond donors (Lipinski definition) is 1. The number of rotatable bonds is 3. The molecule has 3 rings (SSSR count). The second-order valence-corrected chi connectivity index (χ2v) is 3.65. The van der Waals surface area contributed by atoms with E-state index in [0.29, 0.717) is 18.1 Å². The second-order valence-electron chi connectivity index (χ2n) is 3.65. The zero-order valence-electron chi connectivity index (χ0n) is 9.29. The van der Waals surface area contributed by atoms with Crippen molar-refractivity contribution in [1.29, 1.82) is 0 Å². The Hall–Kier alpha value is -2.57. The maximum atomic E-state index is 13.0. The third-order valence-corrected chi connectivity index (χ3v) is 2.35. The van der Waals surface area contributed by atoms with Gasteiger partial charge in [-0.05, 0) is 24.3 Å². The van der Waals surface area contributed by atoms with Gasteiger partial charge in [0.2, 0.25) is 5.95 Å². The lowest BCUT2D eigenvalue weighted by atomic mass is 10.4. The summed E-state index contributed by atoms with van der Waals surface area (Å²) in [5, 5.41) is 14.8. The average molecular weight is 244 g/mol. The molecule has 0 aromatic carbocycles. The Morgan fingerprint density at radius 1 is 1.28 bits per heavy atom. The van der Waals surface area contributed by atoms with Gasteiger partial charge in [-0.1, -0.05) is 0 Å². The van der Waals surface area contributed by atoms with Gasteiger partial charge >= 0.3 is 0 Å². The predicted molar refractivity (Wildman–Crippen MR) is 62.3 cm³/mol. The Morgan fingerprint density at radius 3 is 3.06 bits per heavy atom. The van der Waals surface area contributed by atoms with E-state index in [1.165, 1.54) is 16.8 Å². The lowest BCUT2D eigenvalue weighted by molar-refractivity contribution is 0.615. The normalized spacial score (nSPS) is 10.7. The first-order chi connectivity index (χ1) is 8.81. The quantitative estimate of drug-likeness (QED) is 0.751. The highest BCUT2D eigenvalue weighted by atomic mass is 19.1. The third-order valence-electron chi connectivity index (χ3n) is 2.35. The molecule has 3 aromatic heterocycles. The summed E-state index contributed by atoms with van der Waals surface area (Å²) in [7, 11) is 0. The zero-order chi connectivity index (χ0) is 12.4. The molecule has 0 aliphatic heterocycles. The molecule has 0 spiro atoms. The second kappa shape index (κ2) is 4.36. The molecule has 0 aliphatic rings. The molecule has 0 atom stereocenters. The lowest BCUT2D eigenvalue weighted by Crippen LogP contribution is -2.03. The van der Waals surface area contributed by atoms with E-state index >= 15 is 0 Å². The highest BCUT2D eigenvalue weighted by molar-refractivity contribution is 5.43. The summed E-state index contributed by atoms with van der Waals surface area (Å²) in [6, 6.07) is 6.55. The van der Waals surface area contributed by atoms with Crippen LogP contribution in [0.5, 0.6) is 0 Å². The van der Waals surface area contributed by atoms with Crippen molar-refractivity contribution in [2.45, 2.75) is 6.54 Å². The van der Waals surface area contributed by atoms with Gasteiger partial charge in [0, 0.05) is 6.20 Å². The maximum absolute atomic E-state index is 13.0. The zero-order valence-corrected chi connectivity index (χ0v) is 9.29. The topological polar surface area (TPSA) is 68.0 Å². The van der Waals surface area contributed by atoms with Gasteiger partial charge in [-0.2, -0.15) is 15.2 Å². The van der Waals surface area contributed by atoms with Crippen LogP contribution in [-0.4, -0.2) is 24.8 Å². The van der Waals surface area contributed by atoms with Gasteiger partial charge in [-0.15, -0.1) is 5.10 Å². The summed E-state index contributed by atoms with van der Waals surface area (Å²) >= 11 is 0. The van der Waals surface area contributed by atoms with Crippen molar-refractivity contribution in [1.82, 2.24) is 24.8 Å². The van der Waals surface area contributed by atoms with E-state index in [2.05, 4.69) is 25.6 Å². The molecule has 0 fully saturated rings. The van der Waals surface area contributed by atoms with Gasteiger partial charge in [-0.25, -0.2) is 8.91 Å². The fourth-order valence-electron chi connectivity index (χ4n) is 1.53. The van der Waals surface area contributed by atoms with Crippen LogP contribution in [0.15, 0.2) is 36.7 Å². The van der Waals surface area contributed by atoms with Gasteiger partial charge in [0.25, 0.3) is 0 Å². The maximum Gasteiger partial charge on any atom is 0.243 e. The van der Waals surface area contributed by atoms with Crippen LogP contribution in [0.3, 0.4) is 0 Å². The number of pyridine rings is 1. The molecule has 1 N–H and O–H groups in total. The van der Waals surface area contributed by atoms with Crippen LogP contribution in [0.1, 0.15) is 5.69 Å². The van der Waals surface area contributed by atoms with Crippen LogP contribution in [0.4, 0.5) is 10.3 Å². The Kier molecular flexibility index (Phi) is 2.56. The minimum atomic E-state index is -0.354. The Morgan fingerprint density at radius 2 is 2.22 bits per heavy atom. The Balaban J connectivity index is 1.79. The van der Waals surface area contributed by atoms with Crippen molar-refractivity contribution in [3.05, 3.63) is 48.2 Å². The van der Waals surface area contributed by atoms with E-state index in [4.69, 9.17) is 0 Å². The number of fused-ring (bicyclic) bond motifs is 1. The van der Waals surface area contributed by atoms with Crippen LogP contribution >= 0.6 is 0 Å². The molecule has 0 saturated carbocycles. The number of halogens is 1. The highest BCUT2D eigenvalue weighted by Crippen LogP contribution is 2.07. The van der Waals surface area contributed by atoms with Crippen molar-refractivity contribution in [2.24, 2.45) is 0 Å². The summed E-state index contributed by atoms with van der Waals surface area (Å²) in [5.74, 6) is 0.0686. The molecule has 3 aromatic rings. The molecular weight excluding hydrogens is 235 g/mol. The molecule has 6 nitrogen and oxygen atoms in total. The molecule has 3 heterocycles. The first-order valence-electron chi connectivity index (χ1n) is 5.34. The van der Waals surface area contributed by atoms with E-state index in [1.807, 2.05) is 6.07 Å². The van der Waals surface area contributed by atoms with Crippen molar-refractivity contribution >= 4 is 11.6 Å². The molecule has 18 heavy (non-hydrogen) atoms. The number of hydrogen-bond acceptors (Lipinski definition) is 5. The monoisotopic (exact) mass is 244 g/mol. The summed E-state index contributed by atoms with van der Waals surface area (Å²) in [6.45, 7) is 0.465. The summed E-state index contributed by atoms with van der Waals surface area (Å²) in [5.41, 5.74) is 1.36. The largest absolute Gasteiger partial charge is 0.347 e. The van der Waals surface area contributed by atoms with Crippen LogP contribution < -0.4 is 5.32 Å². The minimum absolute atomic E-state index is 0.354. The van der Waals surface area contributed by atoms with Crippen LogP contribution in [0.25, 0.3) is 5.65 Å². The van der Waals surface area contributed by atoms with Gasteiger partial charge in [0.15, 0.2) is 5.65 Å². The van der Waals surface area contributed by atoms with Crippen LogP contribution in [0.2, 0.25) is 0 Å². The molecule has 0 bridgehead atoms. The van der Waals surface area contributed by atoms with Gasteiger partial charge in [-0.3, -0.25) is 0 Å². The number of nitrogens with one attached hydrogen (secondary N) is 1. The molecule has 90 valence electrons. The van der Waals surface area contributed by atoms with Gasteiger partial charge in [0.05, 0.1) is 18.4 Å². The summed E-state index contributed by atoms with van der Waals surface area (Å²) < 4.78 is 14.4. The number of anilines is 1. The molecule has 0 radical (unpaired) electrons. The van der Waals surface area contributed by atoms with E-state index < -0.39 is 0 Å². The van der Waals surface area contributed by atoms with Crippen molar-refractivity contribution in [3.63, 3.8) is 0 Å². The Bertz CT molecular complexity index is 666. The Labute approximate surface area is 102 Å². The predicted octanol–water partition coefficient (Wildman–Crippen LogP) is 1.27. The third kappa shape index (κ3) is 2.10. The summed E-state index contributed by atoms with van der Waals surface area (Å²) in [6.07, 6.45) is 2.88. The van der Waals surface area contributed by atoms with E-state index in [-0.39, 0.29) is 5.82 Å². The standard InChI is InChI=1S/C11H9FN6/c12-8-3-4-10-15-11(17-18(10)7-8)13-6-9-2-1-5-14-16-9/h1-5,7H,6H2,(H,13,17). The fraction of sp³-hybridized carbons (Fsp3) is 0.0909. The lowest BCUT2D eigenvalue weighted by Gasteiger charge is -1.98. The van der Waals surface area contributed by atoms with Crippen molar-refractivity contribution in [2.75, 3.05) is 5.32 Å². The highest BCUT2D eigenvalue weighted by Gasteiger charge is 2.04. The fourth-order valence-corrected chi connectivity index (χ4v) is 1.53. The van der Waals surface area contributed by atoms with Crippen LogP contribution in [0, 0.1) is 5.82 Å². The van der Waals surface area contributed by atoms with Crippen molar-refractivity contribution in [3.8, 4) is 0 Å². The van der Waals surface area contributed by atoms with Gasteiger partial charge < -0.3 is 5.32 Å². The van der Waals surface area contributed by atoms with Gasteiger partial charge in [0.1, 0.15) is 5.82 Å². The SMILES string of the molecule is Fc1ccc2nc(NCc3cccnn3)nn2c1. The summed E-state index contributed by atoms with van der Waals surface area (Å²) in [4.78, 5) is 4.19. The molecule has 0 unspecified atom stereocenters. The minimum Gasteiger partial charge on any atom is -0.347 e.